The van der Waals surface area contributed by atoms with E-state index in [1.807, 2.05) is 6.07 Å². The Bertz CT molecular complexity index is 1220. The highest BCUT2D eigenvalue weighted by Gasteiger charge is 2.22. The number of hydrogen-bond donors (Lipinski definition) is 1. The van der Waals surface area contributed by atoms with E-state index < -0.39 is 17.5 Å². The number of nitrogens with zero attached hydrogens (tertiary/aromatic N) is 4. The minimum absolute atomic E-state index is 0.00713. The largest absolute Gasteiger partial charge is 0.486 e. The lowest BCUT2D eigenvalue weighted by atomic mass is 10.2. The Morgan fingerprint density at radius 3 is 2.90 bits per heavy atom. The van der Waals surface area contributed by atoms with E-state index in [1.54, 1.807) is 30.2 Å². The number of nitrogens with one attached hydrogen (secondary N) is 1. The van der Waals surface area contributed by atoms with Crippen LogP contribution in [0.4, 0.5) is 13.9 Å². The lowest BCUT2D eigenvalue weighted by Crippen LogP contribution is -2.15. The summed E-state index contributed by atoms with van der Waals surface area (Å²) in [5.74, 6) is -1.91. The number of carbonyl (C=O) groups excluding carboxylic acids is 1. The maximum Gasteiger partial charge on any atom is 0.280 e. The van der Waals surface area contributed by atoms with Crippen LogP contribution in [0.5, 0.6) is 5.75 Å². The molecule has 3 heterocycles. The SMILES string of the molecule is Cc1onc(C(=O)Nc2nc(-c3ccnn3C)cs2)c1COc1ccc(F)cc1F. The minimum Gasteiger partial charge on any atom is -0.486 e. The average Bonchev–Trinajstić information content (AvgIpc) is 3.41. The van der Waals surface area contributed by atoms with Crippen molar-refractivity contribution in [1.29, 1.82) is 0 Å². The Hall–Kier alpha value is -3.60. The number of aryl methyl sites for hydroxylation is 2. The van der Waals surface area contributed by atoms with Crippen molar-refractivity contribution in [1.82, 2.24) is 19.9 Å². The van der Waals surface area contributed by atoms with Gasteiger partial charge in [0.1, 0.15) is 23.9 Å². The van der Waals surface area contributed by atoms with Gasteiger partial charge in [0.2, 0.25) is 0 Å². The molecule has 4 aromatic rings. The molecule has 1 amide bonds. The predicted molar refractivity (Wildman–Crippen MR) is 104 cm³/mol. The van der Waals surface area contributed by atoms with Gasteiger partial charge in [-0.15, -0.1) is 11.3 Å². The van der Waals surface area contributed by atoms with E-state index in [0.29, 0.717) is 28.2 Å². The molecular weight excluding hydrogens is 416 g/mol. The van der Waals surface area contributed by atoms with Crippen LogP contribution in [0.2, 0.25) is 0 Å². The van der Waals surface area contributed by atoms with E-state index >= 15 is 0 Å². The Labute approximate surface area is 173 Å². The van der Waals surface area contributed by atoms with Crippen LogP contribution in [0.25, 0.3) is 11.4 Å². The number of benzene rings is 1. The lowest BCUT2D eigenvalue weighted by Gasteiger charge is -2.07. The van der Waals surface area contributed by atoms with Crippen molar-refractivity contribution in [2.75, 3.05) is 5.32 Å². The van der Waals surface area contributed by atoms with Crippen LogP contribution in [0.1, 0.15) is 21.8 Å². The molecule has 0 saturated carbocycles. The van der Waals surface area contributed by atoms with Gasteiger partial charge in [-0.1, -0.05) is 5.16 Å². The topological polar surface area (TPSA) is 95.1 Å². The summed E-state index contributed by atoms with van der Waals surface area (Å²) in [6.45, 7) is 1.42. The maximum atomic E-state index is 13.8. The van der Waals surface area contributed by atoms with Crippen molar-refractivity contribution >= 4 is 22.4 Å². The first-order chi connectivity index (χ1) is 14.4. The van der Waals surface area contributed by atoms with Gasteiger partial charge >= 0.3 is 0 Å². The predicted octanol–water partition coefficient (Wildman–Crippen LogP) is 3.95. The number of hydrogen-bond acceptors (Lipinski definition) is 7. The molecule has 11 heteroatoms. The van der Waals surface area contributed by atoms with Crippen molar-refractivity contribution in [3.8, 4) is 17.1 Å². The van der Waals surface area contributed by atoms with E-state index in [2.05, 4.69) is 20.6 Å². The van der Waals surface area contributed by atoms with E-state index in [1.165, 1.54) is 17.4 Å². The summed E-state index contributed by atoms with van der Waals surface area (Å²) in [5.41, 5.74) is 1.81. The fourth-order valence-electron chi connectivity index (χ4n) is 2.71. The van der Waals surface area contributed by atoms with Crippen LogP contribution in [-0.2, 0) is 13.7 Å². The van der Waals surface area contributed by atoms with Crippen molar-refractivity contribution in [2.45, 2.75) is 13.5 Å². The van der Waals surface area contributed by atoms with Crippen LogP contribution in [0.15, 0.2) is 40.4 Å². The third-order valence-electron chi connectivity index (χ3n) is 4.27. The number of ether oxygens (including phenoxy) is 1. The van der Waals surface area contributed by atoms with Gasteiger partial charge in [-0.2, -0.15) is 5.10 Å². The number of thiazole rings is 1. The van der Waals surface area contributed by atoms with Gasteiger partial charge < -0.3 is 9.26 Å². The second-order valence-electron chi connectivity index (χ2n) is 6.26. The van der Waals surface area contributed by atoms with Gasteiger partial charge in [-0.25, -0.2) is 13.8 Å². The fraction of sp³-hybridized carbons (Fsp3) is 0.158. The number of amides is 1. The van der Waals surface area contributed by atoms with Gasteiger partial charge in [-0.3, -0.25) is 14.8 Å². The molecule has 30 heavy (non-hydrogen) atoms. The molecule has 0 spiro atoms. The standard InChI is InChI=1S/C19H15F2N5O3S/c1-10-12(8-28-16-4-3-11(20)7-13(16)21)17(25-29-10)18(27)24-19-23-14(9-30-19)15-5-6-22-26(15)2/h3-7,9H,8H2,1-2H3,(H,23,24,27). The molecule has 0 aliphatic carbocycles. The summed E-state index contributed by atoms with van der Waals surface area (Å²) < 4.78 is 39.0. The Kier molecular flexibility index (Phi) is 5.27. The van der Waals surface area contributed by atoms with Crippen molar-refractivity contribution in [3.63, 3.8) is 0 Å². The number of carbonyl (C=O) groups is 1. The van der Waals surface area contributed by atoms with Crippen molar-refractivity contribution in [2.24, 2.45) is 7.05 Å². The third-order valence-corrected chi connectivity index (χ3v) is 5.03. The van der Waals surface area contributed by atoms with E-state index in [0.717, 1.165) is 11.8 Å². The smallest absolute Gasteiger partial charge is 0.280 e. The molecule has 8 nitrogen and oxygen atoms in total. The molecular formula is C19H15F2N5O3S. The fourth-order valence-corrected chi connectivity index (χ4v) is 3.41. The normalized spacial score (nSPS) is 10.9. The first-order valence-electron chi connectivity index (χ1n) is 8.70. The molecule has 0 bridgehead atoms. The lowest BCUT2D eigenvalue weighted by molar-refractivity contribution is 0.101. The molecule has 0 unspecified atom stereocenters. The van der Waals surface area contributed by atoms with Crippen molar-refractivity contribution in [3.05, 3.63) is 64.5 Å². The molecule has 0 saturated heterocycles. The minimum atomic E-state index is -0.847. The van der Waals surface area contributed by atoms with Gasteiger partial charge in [0.15, 0.2) is 22.4 Å². The third kappa shape index (κ3) is 3.92. The van der Waals surface area contributed by atoms with Crippen LogP contribution < -0.4 is 10.1 Å². The Morgan fingerprint density at radius 2 is 2.17 bits per heavy atom. The molecule has 0 atom stereocenters. The number of anilines is 1. The zero-order valence-electron chi connectivity index (χ0n) is 15.8. The highest BCUT2D eigenvalue weighted by atomic mass is 32.1. The quantitative estimate of drug-likeness (QED) is 0.497. The molecule has 0 radical (unpaired) electrons. The molecule has 1 N–H and O–H groups in total. The summed E-state index contributed by atoms with van der Waals surface area (Å²) in [5, 5.41) is 12.7. The second kappa shape index (κ2) is 8.03. The van der Waals surface area contributed by atoms with Gasteiger partial charge in [-0.05, 0) is 25.1 Å². The second-order valence-corrected chi connectivity index (χ2v) is 7.12. The Balaban J connectivity index is 1.49. The number of halogens is 2. The first kappa shape index (κ1) is 19.7. The van der Waals surface area contributed by atoms with E-state index in [9.17, 15) is 13.6 Å². The zero-order chi connectivity index (χ0) is 21.3. The van der Waals surface area contributed by atoms with E-state index in [-0.39, 0.29) is 18.1 Å². The molecule has 4 rings (SSSR count). The van der Waals surface area contributed by atoms with Gasteiger partial charge in [0.25, 0.3) is 5.91 Å². The van der Waals surface area contributed by atoms with Crippen LogP contribution in [0.3, 0.4) is 0 Å². The molecule has 154 valence electrons. The van der Waals surface area contributed by atoms with Crippen LogP contribution in [0, 0.1) is 18.6 Å². The monoisotopic (exact) mass is 431 g/mol. The number of rotatable bonds is 6. The summed E-state index contributed by atoms with van der Waals surface area (Å²) in [4.78, 5) is 17.1. The van der Waals surface area contributed by atoms with E-state index in [4.69, 9.17) is 9.26 Å². The summed E-state index contributed by atoms with van der Waals surface area (Å²) in [6, 6.07) is 4.77. The van der Waals surface area contributed by atoms with Crippen molar-refractivity contribution < 1.29 is 22.8 Å². The number of aromatic nitrogens is 4. The van der Waals surface area contributed by atoms with Crippen LogP contribution >= 0.6 is 11.3 Å². The summed E-state index contributed by atoms with van der Waals surface area (Å²) in [6.07, 6.45) is 1.65. The molecule has 0 fully saturated rings. The highest BCUT2D eigenvalue weighted by Crippen LogP contribution is 2.26. The maximum absolute atomic E-state index is 13.8. The first-order valence-corrected chi connectivity index (χ1v) is 9.58. The zero-order valence-corrected chi connectivity index (χ0v) is 16.7. The van der Waals surface area contributed by atoms with Gasteiger partial charge in [0.05, 0.1) is 11.3 Å². The van der Waals surface area contributed by atoms with Crippen LogP contribution in [-0.4, -0.2) is 25.8 Å². The molecule has 3 aromatic heterocycles. The molecule has 0 aliphatic rings. The summed E-state index contributed by atoms with van der Waals surface area (Å²) >= 11 is 1.25. The average molecular weight is 431 g/mol. The molecule has 0 aliphatic heterocycles. The summed E-state index contributed by atoms with van der Waals surface area (Å²) in [7, 11) is 1.79. The Morgan fingerprint density at radius 1 is 1.33 bits per heavy atom. The highest BCUT2D eigenvalue weighted by molar-refractivity contribution is 7.14. The van der Waals surface area contributed by atoms with Gasteiger partial charge in [0, 0.05) is 24.7 Å². The molecule has 1 aromatic carbocycles.